The Bertz CT molecular complexity index is 327. The molecule has 1 aromatic heterocycles. The summed E-state index contributed by atoms with van der Waals surface area (Å²) in [5.41, 5.74) is 6.96. The monoisotopic (exact) mass is 254 g/mol. The molecule has 1 heterocycles. The summed E-state index contributed by atoms with van der Waals surface area (Å²) in [4.78, 5) is 0. The molecule has 2 atom stereocenters. The number of nitrogens with zero attached hydrogens (tertiary/aromatic N) is 2. The largest absolute Gasteiger partial charge is 0.396 e. The van der Waals surface area contributed by atoms with Gasteiger partial charge in [-0.3, -0.25) is 4.68 Å². The average Bonchev–Trinajstić information content (AvgIpc) is 2.82. The maximum atomic E-state index is 8.82. The summed E-state index contributed by atoms with van der Waals surface area (Å²) < 4.78 is 1.96. The normalized spacial score (nSPS) is 14.7. The molecule has 2 unspecified atom stereocenters. The van der Waals surface area contributed by atoms with Crippen molar-refractivity contribution >= 4 is 0 Å². The Morgan fingerprint density at radius 3 is 2.94 bits per heavy atom. The van der Waals surface area contributed by atoms with Gasteiger partial charge in [-0.15, -0.1) is 0 Å². The fourth-order valence-corrected chi connectivity index (χ4v) is 2.04. The number of aromatic nitrogens is 2. The van der Waals surface area contributed by atoms with Crippen LogP contribution in [-0.4, -0.2) is 34.1 Å². The van der Waals surface area contributed by atoms with Crippen molar-refractivity contribution in [2.45, 2.75) is 51.7 Å². The highest BCUT2D eigenvalue weighted by Gasteiger charge is 2.14. The number of nitrogens with one attached hydrogen (secondary N) is 1. The molecular formula is C13H26N4O. The molecule has 5 nitrogen and oxygen atoms in total. The minimum Gasteiger partial charge on any atom is -0.396 e. The van der Waals surface area contributed by atoms with Crippen LogP contribution in [0.3, 0.4) is 0 Å². The van der Waals surface area contributed by atoms with Gasteiger partial charge < -0.3 is 16.2 Å². The molecule has 0 saturated carbocycles. The van der Waals surface area contributed by atoms with Gasteiger partial charge in [-0.25, -0.2) is 0 Å². The molecule has 0 spiro atoms. The fourth-order valence-electron chi connectivity index (χ4n) is 2.04. The van der Waals surface area contributed by atoms with E-state index >= 15 is 0 Å². The standard InChI is InChI=1S/C13H26N4O/c1-3-6-17-10-12(9-15-17)13(8-14)16-11(2)5-4-7-18/h9-11,13,16,18H,3-8,14H2,1-2H3. The summed E-state index contributed by atoms with van der Waals surface area (Å²) in [6, 6.07) is 0.490. The molecule has 0 aromatic carbocycles. The lowest BCUT2D eigenvalue weighted by molar-refractivity contribution is 0.274. The minimum atomic E-state index is 0.143. The van der Waals surface area contributed by atoms with E-state index in [1.54, 1.807) is 0 Å². The number of aliphatic hydroxyl groups excluding tert-OH is 1. The maximum Gasteiger partial charge on any atom is 0.0538 e. The van der Waals surface area contributed by atoms with Gasteiger partial charge in [0.15, 0.2) is 0 Å². The summed E-state index contributed by atoms with van der Waals surface area (Å²) in [6.45, 7) is 6.00. The third-order valence-electron chi connectivity index (χ3n) is 3.02. The van der Waals surface area contributed by atoms with Gasteiger partial charge in [0.1, 0.15) is 0 Å². The van der Waals surface area contributed by atoms with Crippen LogP contribution >= 0.6 is 0 Å². The van der Waals surface area contributed by atoms with Crippen molar-refractivity contribution in [1.29, 1.82) is 0 Å². The lowest BCUT2D eigenvalue weighted by Gasteiger charge is -2.21. The van der Waals surface area contributed by atoms with Gasteiger partial charge in [0.2, 0.25) is 0 Å². The summed E-state index contributed by atoms with van der Waals surface area (Å²) in [5, 5.41) is 16.6. The smallest absolute Gasteiger partial charge is 0.0538 e. The van der Waals surface area contributed by atoms with Crippen molar-refractivity contribution in [2.75, 3.05) is 13.2 Å². The van der Waals surface area contributed by atoms with Crippen LogP contribution < -0.4 is 11.1 Å². The Kier molecular flexibility index (Phi) is 6.93. The molecule has 1 rings (SSSR count). The van der Waals surface area contributed by atoms with Gasteiger partial charge >= 0.3 is 0 Å². The zero-order valence-electron chi connectivity index (χ0n) is 11.5. The molecule has 0 aliphatic rings. The van der Waals surface area contributed by atoms with E-state index in [1.165, 1.54) is 0 Å². The van der Waals surface area contributed by atoms with E-state index in [-0.39, 0.29) is 12.6 Å². The second kappa shape index (κ2) is 8.24. The summed E-state index contributed by atoms with van der Waals surface area (Å²) in [5.74, 6) is 0. The molecule has 104 valence electrons. The first-order valence-electron chi connectivity index (χ1n) is 6.80. The molecule has 1 aromatic rings. The zero-order chi connectivity index (χ0) is 13.4. The van der Waals surface area contributed by atoms with E-state index in [9.17, 15) is 0 Å². The first-order chi connectivity index (χ1) is 8.71. The molecule has 0 radical (unpaired) electrons. The highest BCUT2D eigenvalue weighted by molar-refractivity contribution is 5.11. The molecule has 0 amide bonds. The van der Waals surface area contributed by atoms with E-state index in [1.807, 2.05) is 10.9 Å². The van der Waals surface area contributed by atoms with Crippen molar-refractivity contribution < 1.29 is 5.11 Å². The number of nitrogens with two attached hydrogens (primary N) is 1. The van der Waals surface area contributed by atoms with Crippen LogP contribution in [0.5, 0.6) is 0 Å². The molecule has 0 bridgehead atoms. The third kappa shape index (κ3) is 4.76. The first-order valence-corrected chi connectivity index (χ1v) is 6.80. The molecule has 4 N–H and O–H groups in total. The Labute approximate surface area is 109 Å². The molecular weight excluding hydrogens is 228 g/mol. The van der Waals surface area contributed by atoms with Crippen LogP contribution in [0.25, 0.3) is 0 Å². The number of hydrogen-bond acceptors (Lipinski definition) is 4. The van der Waals surface area contributed by atoms with Crippen LogP contribution in [0.2, 0.25) is 0 Å². The predicted octanol–water partition coefficient (Wildman–Crippen LogP) is 1.04. The fraction of sp³-hybridized carbons (Fsp3) is 0.769. The van der Waals surface area contributed by atoms with Gasteiger partial charge in [0.05, 0.1) is 6.20 Å². The van der Waals surface area contributed by atoms with E-state index in [0.717, 1.165) is 31.4 Å². The summed E-state index contributed by atoms with van der Waals surface area (Å²) in [6.07, 6.45) is 6.80. The second-order valence-corrected chi connectivity index (χ2v) is 4.76. The van der Waals surface area contributed by atoms with Crippen molar-refractivity contribution in [3.63, 3.8) is 0 Å². The van der Waals surface area contributed by atoms with Crippen LogP contribution in [0.1, 0.15) is 44.7 Å². The molecule has 0 saturated heterocycles. The van der Waals surface area contributed by atoms with E-state index in [2.05, 4.69) is 30.5 Å². The topological polar surface area (TPSA) is 76.1 Å². The Balaban J connectivity index is 2.53. The first kappa shape index (κ1) is 15.1. The zero-order valence-corrected chi connectivity index (χ0v) is 11.5. The molecule has 5 heteroatoms. The van der Waals surface area contributed by atoms with Gasteiger partial charge in [-0.05, 0) is 26.2 Å². The van der Waals surface area contributed by atoms with E-state index in [0.29, 0.717) is 12.6 Å². The number of aryl methyl sites for hydroxylation is 1. The van der Waals surface area contributed by atoms with Crippen molar-refractivity contribution in [1.82, 2.24) is 15.1 Å². The number of hydrogen-bond donors (Lipinski definition) is 3. The Morgan fingerprint density at radius 2 is 2.33 bits per heavy atom. The van der Waals surface area contributed by atoms with Crippen LogP contribution in [0.15, 0.2) is 12.4 Å². The highest BCUT2D eigenvalue weighted by Crippen LogP contribution is 2.13. The van der Waals surface area contributed by atoms with Gasteiger partial charge in [-0.1, -0.05) is 6.92 Å². The van der Waals surface area contributed by atoms with Crippen molar-refractivity contribution in [3.8, 4) is 0 Å². The second-order valence-electron chi connectivity index (χ2n) is 4.76. The summed E-state index contributed by atoms with van der Waals surface area (Å²) >= 11 is 0. The van der Waals surface area contributed by atoms with Gasteiger partial charge in [-0.2, -0.15) is 5.10 Å². The highest BCUT2D eigenvalue weighted by atomic mass is 16.2. The maximum absolute atomic E-state index is 8.82. The van der Waals surface area contributed by atoms with Crippen molar-refractivity contribution in [2.24, 2.45) is 5.73 Å². The van der Waals surface area contributed by atoms with E-state index < -0.39 is 0 Å². The summed E-state index contributed by atoms with van der Waals surface area (Å²) in [7, 11) is 0. The number of aliphatic hydroxyl groups is 1. The van der Waals surface area contributed by atoms with Crippen LogP contribution in [0, 0.1) is 0 Å². The van der Waals surface area contributed by atoms with Gasteiger partial charge in [0.25, 0.3) is 0 Å². The lowest BCUT2D eigenvalue weighted by atomic mass is 10.1. The quantitative estimate of drug-likeness (QED) is 0.615. The predicted molar refractivity (Wildman–Crippen MR) is 73.2 cm³/mol. The Morgan fingerprint density at radius 1 is 1.56 bits per heavy atom. The SMILES string of the molecule is CCCn1cc(C(CN)NC(C)CCCO)cn1. The molecule has 0 aliphatic carbocycles. The van der Waals surface area contributed by atoms with Gasteiger partial charge in [0, 0.05) is 43.5 Å². The Hall–Kier alpha value is -0.910. The van der Waals surface area contributed by atoms with Crippen LogP contribution in [0.4, 0.5) is 0 Å². The van der Waals surface area contributed by atoms with Crippen LogP contribution in [-0.2, 0) is 6.54 Å². The lowest BCUT2D eigenvalue weighted by Crippen LogP contribution is -2.35. The number of rotatable bonds is 9. The molecule has 18 heavy (non-hydrogen) atoms. The molecule has 0 aliphatic heterocycles. The van der Waals surface area contributed by atoms with Crippen molar-refractivity contribution in [3.05, 3.63) is 18.0 Å². The third-order valence-corrected chi connectivity index (χ3v) is 3.02. The average molecular weight is 254 g/mol. The minimum absolute atomic E-state index is 0.143. The van der Waals surface area contributed by atoms with E-state index in [4.69, 9.17) is 10.8 Å². The molecule has 0 fully saturated rings.